The van der Waals surface area contributed by atoms with Gasteiger partial charge in [-0.25, -0.2) is 8.42 Å². The van der Waals surface area contributed by atoms with Gasteiger partial charge in [0, 0.05) is 17.6 Å². The third kappa shape index (κ3) is 3.48. The second-order valence-electron chi connectivity index (χ2n) is 5.41. The minimum atomic E-state index is -3.11. The van der Waals surface area contributed by atoms with Gasteiger partial charge in [-0.2, -0.15) is 0 Å². The lowest BCUT2D eigenvalue weighted by atomic mass is 10.2. The molecule has 23 heavy (non-hydrogen) atoms. The first-order valence-corrected chi connectivity index (χ1v) is 8.93. The molecule has 120 valence electrons. The Balaban J connectivity index is 1.70. The van der Waals surface area contributed by atoms with E-state index in [4.69, 9.17) is 0 Å². The Morgan fingerprint density at radius 2 is 1.91 bits per heavy atom. The second kappa shape index (κ2) is 5.96. The zero-order valence-electron chi connectivity index (χ0n) is 12.2. The largest absolute Gasteiger partial charge is 0.344 e. The molecule has 1 aromatic heterocycles. The van der Waals surface area contributed by atoms with E-state index < -0.39 is 27.7 Å². The number of sulfone groups is 1. The smallest absolute Gasteiger partial charge is 0.313 e. The zero-order chi connectivity index (χ0) is 16.4. The Morgan fingerprint density at radius 1 is 1.13 bits per heavy atom. The topological polar surface area (TPSA) is 105 Å². The molecule has 1 unspecified atom stereocenters. The minimum Gasteiger partial charge on any atom is -0.344 e. The van der Waals surface area contributed by atoms with E-state index in [1.807, 2.05) is 12.1 Å². The van der Waals surface area contributed by atoms with Crippen LogP contribution >= 0.6 is 0 Å². The maximum atomic E-state index is 12.0. The number of para-hydroxylation sites is 1. The number of fused-ring (bicyclic) bond motifs is 1. The zero-order valence-corrected chi connectivity index (χ0v) is 13.0. The predicted molar refractivity (Wildman–Crippen MR) is 85.6 cm³/mol. The highest BCUT2D eigenvalue weighted by Gasteiger charge is 2.30. The maximum Gasteiger partial charge on any atom is 0.313 e. The van der Waals surface area contributed by atoms with Crippen LogP contribution in [-0.4, -0.2) is 42.8 Å². The molecule has 0 saturated carbocycles. The molecule has 2 aromatic rings. The average molecular weight is 333 g/mol. The van der Waals surface area contributed by atoms with Gasteiger partial charge in [-0.05, 0) is 18.6 Å². The Bertz CT molecular complexity index is 874. The number of carbonyl (C=O) groups is 2. The molecule has 2 heterocycles. The first kappa shape index (κ1) is 15.4. The van der Waals surface area contributed by atoms with E-state index in [-0.39, 0.29) is 11.5 Å². The maximum absolute atomic E-state index is 12.0. The molecule has 3 rings (SSSR count). The summed E-state index contributed by atoms with van der Waals surface area (Å²) in [5.41, 5.74) is 1.02. The van der Waals surface area contributed by atoms with Gasteiger partial charge in [0.1, 0.15) is 0 Å². The molecular formula is C15H15N3O4S. The molecule has 1 saturated heterocycles. The van der Waals surface area contributed by atoms with Crippen molar-refractivity contribution in [3.63, 3.8) is 0 Å². The van der Waals surface area contributed by atoms with Crippen LogP contribution in [0.2, 0.25) is 0 Å². The summed E-state index contributed by atoms with van der Waals surface area (Å²) in [6.07, 6.45) is 1.93. The number of hydrogen-bond acceptors (Lipinski definition) is 5. The van der Waals surface area contributed by atoms with Crippen LogP contribution in [0.5, 0.6) is 0 Å². The molecule has 8 heteroatoms. The Labute approximate surface area is 133 Å². The van der Waals surface area contributed by atoms with Crippen LogP contribution in [0.4, 0.5) is 5.69 Å². The predicted octanol–water partition coefficient (Wildman–Crippen LogP) is 0.477. The normalized spacial score (nSPS) is 19.4. The van der Waals surface area contributed by atoms with Gasteiger partial charge < -0.3 is 10.6 Å². The molecule has 0 spiro atoms. The first-order chi connectivity index (χ1) is 10.9. The lowest BCUT2D eigenvalue weighted by Crippen LogP contribution is -2.42. The highest BCUT2D eigenvalue weighted by atomic mass is 32.2. The fraction of sp³-hybridized carbons (Fsp3) is 0.267. The van der Waals surface area contributed by atoms with Crippen LogP contribution in [-0.2, 0) is 19.4 Å². The van der Waals surface area contributed by atoms with Gasteiger partial charge in [0.2, 0.25) is 0 Å². The number of hydrogen-bond donors (Lipinski definition) is 2. The quantitative estimate of drug-likeness (QED) is 0.778. The monoisotopic (exact) mass is 333 g/mol. The van der Waals surface area contributed by atoms with Gasteiger partial charge in [0.25, 0.3) is 0 Å². The van der Waals surface area contributed by atoms with Gasteiger partial charge in [-0.3, -0.25) is 14.6 Å². The lowest BCUT2D eigenvalue weighted by Gasteiger charge is -2.11. The van der Waals surface area contributed by atoms with E-state index in [0.29, 0.717) is 17.6 Å². The molecular weight excluding hydrogens is 318 g/mol. The average Bonchev–Trinajstić information content (AvgIpc) is 2.86. The van der Waals surface area contributed by atoms with Crippen molar-refractivity contribution >= 4 is 38.2 Å². The molecule has 2 amide bonds. The molecule has 1 aliphatic heterocycles. The van der Waals surface area contributed by atoms with Crippen LogP contribution in [0, 0.1) is 0 Å². The number of amides is 2. The molecule has 1 aliphatic rings. The van der Waals surface area contributed by atoms with E-state index in [2.05, 4.69) is 15.6 Å². The summed E-state index contributed by atoms with van der Waals surface area (Å²) in [6.45, 7) is 0. The van der Waals surface area contributed by atoms with Crippen molar-refractivity contribution < 1.29 is 18.0 Å². The van der Waals surface area contributed by atoms with Crippen LogP contribution < -0.4 is 10.6 Å². The number of nitrogens with one attached hydrogen (secondary N) is 2. The molecule has 1 aromatic carbocycles. The second-order valence-corrected chi connectivity index (χ2v) is 7.64. The fourth-order valence-corrected chi connectivity index (χ4v) is 4.22. The van der Waals surface area contributed by atoms with Crippen molar-refractivity contribution in [2.75, 3.05) is 16.8 Å². The number of rotatable bonds is 2. The highest BCUT2D eigenvalue weighted by Crippen LogP contribution is 2.20. The number of pyridine rings is 1. The van der Waals surface area contributed by atoms with E-state index in [9.17, 15) is 18.0 Å². The molecule has 0 radical (unpaired) electrons. The van der Waals surface area contributed by atoms with Gasteiger partial charge in [-0.1, -0.05) is 18.2 Å². The number of aromatic nitrogens is 1. The summed E-state index contributed by atoms with van der Waals surface area (Å²) in [4.78, 5) is 28.1. The third-order valence-corrected chi connectivity index (χ3v) is 5.42. The molecule has 1 fully saturated rings. The summed E-state index contributed by atoms with van der Waals surface area (Å²) >= 11 is 0. The van der Waals surface area contributed by atoms with Crippen LogP contribution in [0.15, 0.2) is 36.5 Å². The van der Waals surface area contributed by atoms with E-state index in [0.717, 1.165) is 5.39 Å². The summed E-state index contributed by atoms with van der Waals surface area (Å²) in [5.74, 6) is -1.78. The number of carbonyl (C=O) groups excluding carboxylic acids is 2. The first-order valence-electron chi connectivity index (χ1n) is 7.11. The minimum absolute atomic E-state index is 0.0345. The molecule has 0 bridgehead atoms. The SMILES string of the molecule is O=C(Nc1cccc2cccnc12)C(=O)NC1CCS(=O)(=O)C1. The van der Waals surface area contributed by atoms with Crippen molar-refractivity contribution in [2.24, 2.45) is 0 Å². The van der Waals surface area contributed by atoms with Crippen LogP contribution in [0.1, 0.15) is 6.42 Å². The molecule has 0 aliphatic carbocycles. The van der Waals surface area contributed by atoms with Crippen LogP contribution in [0.3, 0.4) is 0 Å². The van der Waals surface area contributed by atoms with Crippen molar-refractivity contribution in [1.82, 2.24) is 10.3 Å². The summed E-state index contributed by atoms with van der Waals surface area (Å²) in [6, 6.07) is 8.37. The Kier molecular flexibility index (Phi) is 3.99. The van der Waals surface area contributed by atoms with Gasteiger partial charge in [-0.15, -0.1) is 0 Å². The fourth-order valence-electron chi connectivity index (χ4n) is 2.54. The Hall–Kier alpha value is -2.48. The summed E-state index contributed by atoms with van der Waals surface area (Å²) < 4.78 is 22.7. The highest BCUT2D eigenvalue weighted by molar-refractivity contribution is 7.91. The van der Waals surface area contributed by atoms with E-state index in [1.54, 1.807) is 24.4 Å². The molecule has 1 atom stereocenters. The lowest BCUT2D eigenvalue weighted by molar-refractivity contribution is -0.136. The summed E-state index contributed by atoms with van der Waals surface area (Å²) in [7, 11) is -3.11. The Morgan fingerprint density at radius 3 is 2.65 bits per heavy atom. The van der Waals surface area contributed by atoms with Crippen molar-refractivity contribution in [2.45, 2.75) is 12.5 Å². The number of anilines is 1. The number of nitrogens with zero attached hydrogens (tertiary/aromatic N) is 1. The summed E-state index contributed by atoms with van der Waals surface area (Å²) in [5, 5.41) is 5.81. The third-order valence-electron chi connectivity index (χ3n) is 3.65. The molecule has 7 nitrogen and oxygen atoms in total. The number of benzene rings is 1. The van der Waals surface area contributed by atoms with Gasteiger partial charge in [0.05, 0.1) is 22.7 Å². The standard InChI is InChI=1S/C15H15N3O4S/c19-14(17-11-6-8-23(21,22)9-11)15(20)18-12-5-1-3-10-4-2-7-16-13(10)12/h1-5,7,11H,6,8-9H2,(H,17,19)(H,18,20). The van der Waals surface area contributed by atoms with Crippen molar-refractivity contribution in [1.29, 1.82) is 0 Å². The van der Waals surface area contributed by atoms with E-state index in [1.165, 1.54) is 0 Å². The van der Waals surface area contributed by atoms with Gasteiger partial charge in [0.15, 0.2) is 9.84 Å². The molecule has 2 N–H and O–H groups in total. The van der Waals surface area contributed by atoms with Crippen molar-refractivity contribution in [3.05, 3.63) is 36.5 Å². The van der Waals surface area contributed by atoms with E-state index >= 15 is 0 Å². The van der Waals surface area contributed by atoms with Crippen molar-refractivity contribution in [3.8, 4) is 0 Å². The van der Waals surface area contributed by atoms with Gasteiger partial charge >= 0.3 is 11.8 Å². The van der Waals surface area contributed by atoms with Crippen LogP contribution in [0.25, 0.3) is 10.9 Å².